The van der Waals surface area contributed by atoms with E-state index < -0.39 is 0 Å². The predicted molar refractivity (Wildman–Crippen MR) is 86.3 cm³/mol. The van der Waals surface area contributed by atoms with Gasteiger partial charge < -0.3 is 10.2 Å². The van der Waals surface area contributed by atoms with Gasteiger partial charge in [-0.05, 0) is 45.3 Å². The third-order valence-electron chi connectivity index (χ3n) is 3.14. The Hall–Kier alpha value is -1.16. The molecule has 0 saturated carbocycles. The Morgan fingerprint density at radius 3 is 2.30 bits per heavy atom. The third kappa shape index (κ3) is 5.87. The van der Waals surface area contributed by atoms with Gasteiger partial charge in [-0.1, -0.05) is 27.7 Å². The van der Waals surface area contributed by atoms with Crippen LogP contribution in [0.5, 0.6) is 0 Å². The van der Waals surface area contributed by atoms with Gasteiger partial charge in [-0.15, -0.1) is 0 Å². The molecule has 1 aromatic heterocycles. The number of likely N-dealkylation sites (N-methyl/N-ethyl adjacent to an activating group) is 1. The average Bonchev–Trinajstić information content (AvgIpc) is 2.25. The van der Waals surface area contributed by atoms with Gasteiger partial charge in [0.1, 0.15) is 0 Å². The number of nitrogens with one attached hydrogen (secondary N) is 1. The molecule has 1 N–H and O–H groups in total. The van der Waals surface area contributed by atoms with E-state index in [0.29, 0.717) is 17.9 Å². The SMILES string of the molecule is Cc1cc(C(C)C)nc(NC(CC(C)C)CN(C)C)n1. The Bertz CT molecular complexity index is 403. The minimum atomic E-state index is 0.381. The maximum atomic E-state index is 4.65. The van der Waals surface area contributed by atoms with Crippen molar-refractivity contribution in [2.75, 3.05) is 26.0 Å². The molecule has 1 unspecified atom stereocenters. The maximum Gasteiger partial charge on any atom is 0.223 e. The molecule has 0 aromatic carbocycles. The van der Waals surface area contributed by atoms with E-state index in [1.54, 1.807) is 0 Å². The molecule has 0 fully saturated rings. The van der Waals surface area contributed by atoms with Gasteiger partial charge in [-0.25, -0.2) is 9.97 Å². The first kappa shape index (κ1) is 16.9. The van der Waals surface area contributed by atoms with Crippen molar-refractivity contribution in [1.29, 1.82) is 0 Å². The molecule has 1 rings (SSSR count). The van der Waals surface area contributed by atoms with E-state index in [1.807, 2.05) is 6.92 Å². The molecule has 4 heteroatoms. The highest BCUT2D eigenvalue weighted by Crippen LogP contribution is 2.16. The molecular formula is C16H30N4. The topological polar surface area (TPSA) is 41.1 Å². The molecule has 0 bridgehead atoms. The van der Waals surface area contributed by atoms with Crippen LogP contribution in [-0.4, -0.2) is 41.5 Å². The molecule has 0 amide bonds. The molecule has 0 aliphatic rings. The molecule has 0 aliphatic heterocycles. The predicted octanol–water partition coefficient (Wildman–Crippen LogP) is 3.30. The fourth-order valence-electron chi connectivity index (χ4n) is 2.32. The van der Waals surface area contributed by atoms with Crippen molar-refractivity contribution in [3.05, 3.63) is 17.5 Å². The van der Waals surface area contributed by atoms with Crippen molar-refractivity contribution in [1.82, 2.24) is 14.9 Å². The van der Waals surface area contributed by atoms with Crippen LogP contribution in [0.25, 0.3) is 0 Å². The van der Waals surface area contributed by atoms with Crippen LogP contribution in [0.2, 0.25) is 0 Å². The minimum Gasteiger partial charge on any atom is -0.350 e. The van der Waals surface area contributed by atoms with E-state index in [-0.39, 0.29) is 0 Å². The first-order valence-corrected chi connectivity index (χ1v) is 7.54. The van der Waals surface area contributed by atoms with Crippen molar-refractivity contribution in [3.8, 4) is 0 Å². The fraction of sp³-hybridized carbons (Fsp3) is 0.750. The van der Waals surface area contributed by atoms with Crippen LogP contribution in [0.4, 0.5) is 5.95 Å². The first-order valence-electron chi connectivity index (χ1n) is 7.54. The zero-order valence-electron chi connectivity index (χ0n) is 14.1. The smallest absolute Gasteiger partial charge is 0.223 e. The van der Waals surface area contributed by atoms with E-state index in [9.17, 15) is 0 Å². The highest BCUT2D eigenvalue weighted by molar-refractivity contribution is 5.30. The Labute approximate surface area is 124 Å². The van der Waals surface area contributed by atoms with Crippen LogP contribution in [-0.2, 0) is 0 Å². The number of anilines is 1. The molecule has 20 heavy (non-hydrogen) atoms. The van der Waals surface area contributed by atoms with Gasteiger partial charge in [0.25, 0.3) is 0 Å². The Morgan fingerprint density at radius 2 is 1.80 bits per heavy atom. The van der Waals surface area contributed by atoms with Crippen molar-refractivity contribution < 1.29 is 0 Å². The number of nitrogens with zero attached hydrogens (tertiary/aromatic N) is 3. The summed E-state index contributed by atoms with van der Waals surface area (Å²) >= 11 is 0. The van der Waals surface area contributed by atoms with Crippen LogP contribution < -0.4 is 5.32 Å². The van der Waals surface area contributed by atoms with Gasteiger partial charge in [-0.3, -0.25) is 0 Å². The highest BCUT2D eigenvalue weighted by atomic mass is 15.2. The fourth-order valence-corrected chi connectivity index (χ4v) is 2.32. The Balaban J connectivity index is 2.86. The quantitative estimate of drug-likeness (QED) is 0.831. The van der Waals surface area contributed by atoms with Gasteiger partial charge in [0.05, 0.1) is 0 Å². The molecule has 0 aliphatic carbocycles. The molecule has 1 heterocycles. The number of hydrogen-bond acceptors (Lipinski definition) is 4. The summed E-state index contributed by atoms with van der Waals surface area (Å²) in [4.78, 5) is 11.4. The second kappa shape index (κ2) is 7.58. The van der Waals surface area contributed by atoms with Gasteiger partial charge >= 0.3 is 0 Å². The minimum absolute atomic E-state index is 0.381. The monoisotopic (exact) mass is 278 g/mol. The zero-order valence-corrected chi connectivity index (χ0v) is 14.1. The highest BCUT2D eigenvalue weighted by Gasteiger charge is 2.14. The summed E-state index contributed by atoms with van der Waals surface area (Å²) in [7, 11) is 4.21. The van der Waals surface area contributed by atoms with Crippen LogP contribution >= 0.6 is 0 Å². The second-order valence-corrected chi connectivity index (χ2v) is 6.65. The summed E-state index contributed by atoms with van der Waals surface area (Å²) in [6, 6.07) is 2.45. The van der Waals surface area contributed by atoms with Crippen molar-refractivity contribution >= 4 is 5.95 Å². The lowest BCUT2D eigenvalue weighted by molar-refractivity contribution is 0.355. The molecular weight excluding hydrogens is 248 g/mol. The Kier molecular flexibility index (Phi) is 6.40. The van der Waals surface area contributed by atoms with Crippen molar-refractivity contribution in [2.45, 2.75) is 53.0 Å². The molecule has 4 nitrogen and oxygen atoms in total. The van der Waals surface area contributed by atoms with Gasteiger partial charge in [0.2, 0.25) is 5.95 Å². The van der Waals surface area contributed by atoms with E-state index in [2.05, 4.69) is 68.0 Å². The summed E-state index contributed by atoms with van der Waals surface area (Å²) in [6.45, 7) is 11.9. The summed E-state index contributed by atoms with van der Waals surface area (Å²) in [5, 5.41) is 3.51. The van der Waals surface area contributed by atoms with Gasteiger partial charge in [0.15, 0.2) is 0 Å². The van der Waals surface area contributed by atoms with Crippen LogP contribution in [0.15, 0.2) is 6.07 Å². The Morgan fingerprint density at radius 1 is 1.15 bits per heavy atom. The number of hydrogen-bond donors (Lipinski definition) is 1. The van der Waals surface area contributed by atoms with Crippen LogP contribution in [0.3, 0.4) is 0 Å². The van der Waals surface area contributed by atoms with Crippen molar-refractivity contribution in [2.24, 2.45) is 5.92 Å². The summed E-state index contributed by atoms with van der Waals surface area (Å²) < 4.78 is 0. The van der Waals surface area contributed by atoms with Crippen molar-refractivity contribution in [3.63, 3.8) is 0 Å². The number of aryl methyl sites for hydroxylation is 1. The summed E-state index contributed by atoms with van der Waals surface area (Å²) in [5.41, 5.74) is 2.13. The lowest BCUT2D eigenvalue weighted by atomic mass is 10.0. The molecule has 0 radical (unpaired) electrons. The molecule has 0 saturated heterocycles. The molecule has 1 atom stereocenters. The van der Waals surface area contributed by atoms with Gasteiger partial charge in [-0.2, -0.15) is 0 Å². The van der Waals surface area contributed by atoms with Gasteiger partial charge in [0, 0.05) is 24.0 Å². The van der Waals surface area contributed by atoms with E-state index in [1.165, 1.54) is 0 Å². The maximum absolute atomic E-state index is 4.65. The zero-order chi connectivity index (χ0) is 15.3. The normalized spacial score (nSPS) is 13.3. The lowest BCUT2D eigenvalue weighted by Crippen LogP contribution is -2.34. The summed E-state index contributed by atoms with van der Waals surface area (Å²) in [6.07, 6.45) is 1.12. The lowest BCUT2D eigenvalue weighted by Gasteiger charge is -2.24. The van der Waals surface area contributed by atoms with Crippen LogP contribution in [0.1, 0.15) is 51.4 Å². The number of aromatic nitrogens is 2. The van der Waals surface area contributed by atoms with Crippen LogP contribution in [0, 0.1) is 12.8 Å². The average molecular weight is 278 g/mol. The third-order valence-corrected chi connectivity index (χ3v) is 3.14. The largest absolute Gasteiger partial charge is 0.350 e. The van der Waals surface area contributed by atoms with E-state index in [4.69, 9.17) is 0 Å². The molecule has 0 spiro atoms. The summed E-state index contributed by atoms with van der Waals surface area (Å²) in [5.74, 6) is 1.85. The van der Waals surface area contributed by atoms with E-state index >= 15 is 0 Å². The number of rotatable bonds is 7. The molecule has 1 aromatic rings. The van der Waals surface area contributed by atoms with E-state index in [0.717, 1.165) is 30.3 Å². The second-order valence-electron chi connectivity index (χ2n) is 6.65. The first-order chi connectivity index (χ1) is 9.27. The standard InChI is InChI=1S/C16H30N4/c1-11(2)8-14(10-20(6)7)18-16-17-13(5)9-15(19-16)12(3)4/h9,11-12,14H,8,10H2,1-7H3,(H,17,18,19). The molecule has 114 valence electrons.